The van der Waals surface area contributed by atoms with Crippen LogP contribution in [0.2, 0.25) is 0 Å². The quantitative estimate of drug-likeness (QED) is 0.515. The smallest absolute Gasteiger partial charge is 0.309 e. The summed E-state index contributed by atoms with van der Waals surface area (Å²) >= 11 is 0. The first-order valence-electron chi connectivity index (χ1n) is 5.80. The Morgan fingerprint density at radius 1 is 1.40 bits per heavy atom. The van der Waals surface area contributed by atoms with Gasteiger partial charge in [0.15, 0.2) is 0 Å². The van der Waals surface area contributed by atoms with E-state index in [0.29, 0.717) is 12.3 Å². The number of hydrogen-bond donors (Lipinski definition) is 0. The van der Waals surface area contributed by atoms with Crippen molar-refractivity contribution in [2.24, 2.45) is 11.8 Å². The monoisotopic (exact) mass is 208 g/mol. The zero-order chi connectivity index (χ0) is 11.1. The topological polar surface area (TPSA) is 26.3 Å². The van der Waals surface area contributed by atoms with E-state index in [1.54, 1.807) is 0 Å². The summed E-state index contributed by atoms with van der Waals surface area (Å²) in [6, 6.07) is 0. The maximum Gasteiger partial charge on any atom is 0.309 e. The van der Waals surface area contributed by atoms with Gasteiger partial charge >= 0.3 is 5.97 Å². The third kappa shape index (κ3) is 4.38. The second-order valence-corrected chi connectivity index (χ2v) is 4.28. The second kappa shape index (κ2) is 6.50. The SMILES string of the molecule is COC(=O)C(C)CC#CC1CCCCC1. The third-order valence-electron chi connectivity index (χ3n) is 2.92. The molecular weight excluding hydrogens is 188 g/mol. The molecule has 0 aromatic heterocycles. The van der Waals surface area contributed by atoms with Gasteiger partial charge in [0, 0.05) is 12.3 Å². The molecule has 2 heteroatoms. The second-order valence-electron chi connectivity index (χ2n) is 4.28. The Bertz CT molecular complexity index is 253. The van der Waals surface area contributed by atoms with Crippen LogP contribution in [0, 0.1) is 23.7 Å². The summed E-state index contributed by atoms with van der Waals surface area (Å²) in [6.07, 6.45) is 7.08. The Hall–Kier alpha value is -0.970. The van der Waals surface area contributed by atoms with Crippen LogP contribution in [0.4, 0.5) is 0 Å². The molecule has 1 aliphatic carbocycles. The Balaban J connectivity index is 2.28. The number of hydrogen-bond acceptors (Lipinski definition) is 2. The molecule has 0 aromatic rings. The van der Waals surface area contributed by atoms with E-state index in [-0.39, 0.29) is 11.9 Å². The minimum Gasteiger partial charge on any atom is -0.469 e. The van der Waals surface area contributed by atoms with Crippen molar-refractivity contribution in [1.29, 1.82) is 0 Å². The molecule has 0 N–H and O–H groups in total. The number of rotatable bonds is 2. The highest BCUT2D eigenvalue weighted by Gasteiger charge is 2.12. The van der Waals surface area contributed by atoms with Gasteiger partial charge in [-0.3, -0.25) is 4.79 Å². The van der Waals surface area contributed by atoms with E-state index in [1.807, 2.05) is 6.92 Å². The Morgan fingerprint density at radius 3 is 2.67 bits per heavy atom. The predicted octanol–water partition coefficient (Wildman–Crippen LogP) is 2.77. The maximum absolute atomic E-state index is 11.1. The van der Waals surface area contributed by atoms with Gasteiger partial charge in [-0.1, -0.05) is 32.1 Å². The van der Waals surface area contributed by atoms with Crippen molar-refractivity contribution in [3.05, 3.63) is 0 Å². The van der Waals surface area contributed by atoms with Crippen molar-refractivity contribution >= 4 is 5.97 Å². The molecule has 1 aliphatic rings. The van der Waals surface area contributed by atoms with Crippen LogP contribution in [-0.4, -0.2) is 13.1 Å². The van der Waals surface area contributed by atoms with Gasteiger partial charge in [0.05, 0.1) is 13.0 Å². The lowest BCUT2D eigenvalue weighted by atomic mass is 9.89. The van der Waals surface area contributed by atoms with Crippen LogP contribution in [0.15, 0.2) is 0 Å². The molecule has 0 saturated heterocycles. The standard InChI is InChI=1S/C13H20O2/c1-11(13(14)15-2)7-6-10-12-8-4-3-5-9-12/h11-12H,3-5,7-9H2,1-2H3. The van der Waals surface area contributed by atoms with Gasteiger partial charge in [-0.25, -0.2) is 0 Å². The zero-order valence-electron chi connectivity index (χ0n) is 9.71. The fraction of sp³-hybridized carbons (Fsp3) is 0.769. The van der Waals surface area contributed by atoms with E-state index in [2.05, 4.69) is 16.6 Å². The summed E-state index contributed by atoms with van der Waals surface area (Å²) in [5.41, 5.74) is 0. The molecule has 15 heavy (non-hydrogen) atoms. The highest BCUT2D eigenvalue weighted by Crippen LogP contribution is 2.22. The molecule has 1 saturated carbocycles. The average Bonchev–Trinajstić information content (AvgIpc) is 2.29. The summed E-state index contributed by atoms with van der Waals surface area (Å²) in [5, 5.41) is 0. The first kappa shape index (κ1) is 12.1. The average molecular weight is 208 g/mol. The van der Waals surface area contributed by atoms with Gasteiger partial charge in [0.25, 0.3) is 0 Å². The fourth-order valence-electron chi connectivity index (χ4n) is 1.89. The molecule has 1 fully saturated rings. The highest BCUT2D eigenvalue weighted by atomic mass is 16.5. The molecule has 0 radical (unpaired) electrons. The maximum atomic E-state index is 11.1. The molecule has 0 heterocycles. The van der Waals surface area contributed by atoms with E-state index >= 15 is 0 Å². The highest BCUT2D eigenvalue weighted by molar-refractivity contribution is 5.72. The summed E-state index contributed by atoms with van der Waals surface area (Å²) in [6.45, 7) is 1.86. The molecule has 1 rings (SSSR count). The molecule has 0 aromatic carbocycles. The van der Waals surface area contributed by atoms with Crippen LogP contribution in [0.3, 0.4) is 0 Å². The Kier molecular flexibility index (Phi) is 5.25. The predicted molar refractivity (Wildman–Crippen MR) is 60.1 cm³/mol. The molecule has 1 unspecified atom stereocenters. The van der Waals surface area contributed by atoms with Crippen molar-refractivity contribution in [2.45, 2.75) is 45.4 Å². The molecule has 0 amide bonds. The zero-order valence-corrected chi connectivity index (χ0v) is 9.71. The summed E-state index contributed by atoms with van der Waals surface area (Å²) in [4.78, 5) is 11.1. The lowest BCUT2D eigenvalue weighted by Gasteiger charge is -2.15. The van der Waals surface area contributed by atoms with Crippen molar-refractivity contribution in [1.82, 2.24) is 0 Å². The first-order chi connectivity index (χ1) is 7.24. The molecule has 0 aliphatic heterocycles. The number of esters is 1. The van der Waals surface area contributed by atoms with Crippen molar-refractivity contribution in [3.63, 3.8) is 0 Å². The third-order valence-corrected chi connectivity index (χ3v) is 2.92. The number of ether oxygens (including phenoxy) is 1. The first-order valence-corrected chi connectivity index (χ1v) is 5.80. The van der Waals surface area contributed by atoms with Gasteiger partial charge in [0.1, 0.15) is 0 Å². The van der Waals surface area contributed by atoms with Crippen LogP contribution in [0.5, 0.6) is 0 Å². The summed E-state index contributed by atoms with van der Waals surface area (Å²) in [5.74, 6) is 6.71. The van der Waals surface area contributed by atoms with E-state index in [0.717, 1.165) is 0 Å². The van der Waals surface area contributed by atoms with Crippen LogP contribution in [0.25, 0.3) is 0 Å². The van der Waals surface area contributed by atoms with Gasteiger partial charge in [0.2, 0.25) is 0 Å². The normalized spacial score (nSPS) is 18.8. The van der Waals surface area contributed by atoms with Gasteiger partial charge in [-0.15, -0.1) is 5.92 Å². The molecule has 84 valence electrons. The van der Waals surface area contributed by atoms with Crippen LogP contribution in [-0.2, 0) is 9.53 Å². The summed E-state index contributed by atoms with van der Waals surface area (Å²) in [7, 11) is 1.42. The van der Waals surface area contributed by atoms with E-state index in [1.165, 1.54) is 39.2 Å². The lowest BCUT2D eigenvalue weighted by Crippen LogP contribution is -2.11. The number of carbonyl (C=O) groups excluding carboxylic acids is 1. The number of methoxy groups -OCH3 is 1. The van der Waals surface area contributed by atoms with Crippen LogP contribution in [0.1, 0.15) is 45.4 Å². The van der Waals surface area contributed by atoms with Crippen LogP contribution >= 0.6 is 0 Å². The minimum atomic E-state index is -0.159. The molecule has 0 bridgehead atoms. The van der Waals surface area contributed by atoms with Gasteiger partial charge in [-0.05, 0) is 12.8 Å². The minimum absolute atomic E-state index is 0.0916. The molecular formula is C13H20O2. The fourth-order valence-corrected chi connectivity index (χ4v) is 1.89. The van der Waals surface area contributed by atoms with Crippen LogP contribution < -0.4 is 0 Å². The summed E-state index contributed by atoms with van der Waals surface area (Å²) < 4.78 is 4.65. The Morgan fingerprint density at radius 2 is 2.07 bits per heavy atom. The Labute approximate surface area is 92.4 Å². The van der Waals surface area contributed by atoms with E-state index < -0.39 is 0 Å². The molecule has 2 nitrogen and oxygen atoms in total. The van der Waals surface area contributed by atoms with E-state index in [9.17, 15) is 4.79 Å². The van der Waals surface area contributed by atoms with E-state index in [4.69, 9.17) is 0 Å². The lowest BCUT2D eigenvalue weighted by molar-refractivity contribution is -0.144. The van der Waals surface area contributed by atoms with Gasteiger partial charge < -0.3 is 4.74 Å². The molecule has 0 spiro atoms. The largest absolute Gasteiger partial charge is 0.469 e. The van der Waals surface area contributed by atoms with Crippen molar-refractivity contribution in [3.8, 4) is 11.8 Å². The molecule has 1 atom stereocenters. The number of carbonyl (C=O) groups is 1. The van der Waals surface area contributed by atoms with Gasteiger partial charge in [-0.2, -0.15) is 0 Å². The van der Waals surface area contributed by atoms with Crippen molar-refractivity contribution < 1.29 is 9.53 Å². The van der Waals surface area contributed by atoms with Crippen molar-refractivity contribution in [2.75, 3.05) is 7.11 Å².